The van der Waals surface area contributed by atoms with Crippen LogP contribution in [-0.4, -0.2) is 18.3 Å². The number of fused-ring (bicyclic) bond motifs is 1. The van der Waals surface area contributed by atoms with E-state index in [9.17, 15) is 5.11 Å². The van der Waals surface area contributed by atoms with E-state index < -0.39 is 6.10 Å². The van der Waals surface area contributed by atoms with Crippen molar-refractivity contribution in [3.63, 3.8) is 0 Å². The van der Waals surface area contributed by atoms with Crippen molar-refractivity contribution in [1.82, 2.24) is 0 Å². The molecule has 3 rings (SSSR count). The van der Waals surface area contributed by atoms with E-state index in [1.165, 1.54) is 5.56 Å². The van der Waals surface area contributed by atoms with Gasteiger partial charge in [-0.1, -0.05) is 36.4 Å². The quantitative estimate of drug-likeness (QED) is 0.926. The molecule has 2 atom stereocenters. The third-order valence-corrected chi connectivity index (χ3v) is 3.61. The number of para-hydroxylation sites is 2. The van der Waals surface area contributed by atoms with E-state index in [0.717, 1.165) is 17.1 Å². The maximum absolute atomic E-state index is 9.75. The van der Waals surface area contributed by atoms with Crippen molar-refractivity contribution < 1.29 is 14.6 Å². The molecule has 0 fully saturated rings. The van der Waals surface area contributed by atoms with E-state index in [1.54, 1.807) is 6.92 Å². The minimum atomic E-state index is -0.529. The minimum absolute atomic E-state index is 0.244. The molecule has 1 N–H and O–H groups in total. The van der Waals surface area contributed by atoms with Crippen LogP contribution in [0, 0.1) is 0 Å². The summed E-state index contributed by atoms with van der Waals surface area (Å²) in [6.45, 7) is 2.95. The zero-order valence-corrected chi connectivity index (χ0v) is 11.5. The summed E-state index contributed by atoms with van der Waals surface area (Å²) in [5.74, 6) is 1.94. The first-order valence-electron chi connectivity index (χ1n) is 6.87. The van der Waals surface area contributed by atoms with Gasteiger partial charge in [0.25, 0.3) is 0 Å². The third kappa shape index (κ3) is 2.49. The molecule has 0 saturated heterocycles. The van der Waals surface area contributed by atoms with Gasteiger partial charge in [-0.25, -0.2) is 0 Å². The fraction of sp³-hybridized carbons (Fsp3) is 0.294. The SMILES string of the molecule is C[C@@H](O)c1ccccc1OCC1COc2ccccc21. The Hall–Kier alpha value is -2.00. The third-order valence-electron chi connectivity index (χ3n) is 3.61. The number of hydrogen-bond acceptors (Lipinski definition) is 3. The highest BCUT2D eigenvalue weighted by molar-refractivity contribution is 5.40. The van der Waals surface area contributed by atoms with Crippen LogP contribution in [0.3, 0.4) is 0 Å². The predicted octanol–water partition coefficient (Wildman–Crippen LogP) is 3.29. The Morgan fingerprint density at radius 1 is 1.20 bits per heavy atom. The van der Waals surface area contributed by atoms with Gasteiger partial charge < -0.3 is 14.6 Å². The molecule has 0 bridgehead atoms. The molecule has 2 aromatic rings. The van der Waals surface area contributed by atoms with Crippen molar-refractivity contribution in [2.45, 2.75) is 18.9 Å². The molecular weight excluding hydrogens is 252 g/mol. The van der Waals surface area contributed by atoms with Crippen molar-refractivity contribution in [2.75, 3.05) is 13.2 Å². The first-order chi connectivity index (χ1) is 9.75. The molecule has 1 unspecified atom stereocenters. The Kier molecular flexibility index (Phi) is 3.61. The first kappa shape index (κ1) is 13.0. The highest BCUT2D eigenvalue weighted by Crippen LogP contribution is 2.34. The zero-order chi connectivity index (χ0) is 13.9. The Balaban J connectivity index is 1.72. The molecule has 104 valence electrons. The topological polar surface area (TPSA) is 38.7 Å². The van der Waals surface area contributed by atoms with Crippen LogP contribution in [0.1, 0.15) is 30.1 Å². The van der Waals surface area contributed by atoms with Crippen LogP contribution in [0.5, 0.6) is 11.5 Å². The van der Waals surface area contributed by atoms with Crippen molar-refractivity contribution in [2.24, 2.45) is 0 Å². The number of benzene rings is 2. The van der Waals surface area contributed by atoms with E-state index in [2.05, 4.69) is 6.07 Å². The molecule has 3 nitrogen and oxygen atoms in total. The largest absolute Gasteiger partial charge is 0.493 e. The zero-order valence-electron chi connectivity index (χ0n) is 11.5. The lowest BCUT2D eigenvalue weighted by atomic mass is 10.0. The second-order valence-corrected chi connectivity index (χ2v) is 5.07. The molecule has 1 aliphatic heterocycles. The smallest absolute Gasteiger partial charge is 0.125 e. The molecule has 1 heterocycles. The molecule has 0 aromatic heterocycles. The lowest BCUT2D eigenvalue weighted by Gasteiger charge is -2.15. The molecule has 0 aliphatic carbocycles. The Labute approximate surface area is 118 Å². The van der Waals surface area contributed by atoms with Gasteiger partial charge in [-0.3, -0.25) is 0 Å². The molecule has 1 aliphatic rings. The standard InChI is InChI=1S/C17H18O3/c1-12(18)14-6-2-4-8-16(14)19-10-13-11-20-17-9-5-3-7-15(13)17/h2-9,12-13,18H,10-11H2,1H3/t12-,13?/m1/s1. The maximum atomic E-state index is 9.75. The summed E-state index contributed by atoms with van der Waals surface area (Å²) in [6.07, 6.45) is -0.529. The van der Waals surface area contributed by atoms with Gasteiger partial charge >= 0.3 is 0 Å². The van der Waals surface area contributed by atoms with Gasteiger partial charge in [0.05, 0.1) is 25.2 Å². The highest BCUT2D eigenvalue weighted by Gasteiger charge is 2.24. The highest BCUT2D eigenvalue weighted by atomic mass is 16.5. The number of hydrogen-bond donors (Lipinski definition) is 1. The van der Waals surface area contributed by atoms with Gasteiger partial charge in [-0.2, -0.15) is 0 Å². The summed E-state index contributed by atoms with van der Waals surface area (Å²) < 4.78 is 11.5. The molecule has 0 radical (unpaired) electrons. The normalized spacial score (nSPS) is 18.2. The van der Waals surface area contributed by atoms with Gasteiger partial charge in [0.2, 0.25) is 0 Å². The van der Waals surface area contributed by atoms with E-state index in [0.29, 0.717) is 13.2 Å². The Morgan fingerprint density at radius 2 is 1.95 bits per heavy atom. The van der Waals surface area contributed by atoms with Crippen molar-refractivity contribution in [3.05, 3.63) is 59.7 Å². The second kappa shape index (κ2) is 5.55. The summed E-state index contributed by atoms with van der Waals surface area (Å²) in [5, 5.41) is 9.75. The van der Waals surface area contributed by atoms with E-state index >= 15 is 0 Å². The van der Waals surface area contributed by atoms with Crippen LogP contribution in [0.25, 0.3) is 0 Å². The van der Waals surface area contributed by atoms with Crippen LogP contribution < -0.4 is 9.47 Å². The van der Waals surface area contributed by atoms with Crippen molar-refractivity contribution >= 4 is 0 Å². The number of ether oxygens (including phenoxy) is 2. The molecule has 0 saturated carbocycles. The monoisotopic (exact) mass is 270 g/mol. The van der Waals surface area contributed by atoms with Crippen LogP contribution in [-0.2, 0) is 0 Å². The second-order valence-electron chi connectivity index (χ2n) is 5.07. The molecule has 20 heavy (non-hydrogen) atoms. The van der Waals surface area contributed by atoms with E-state index in [1.807, 2.05) is 42.5 Å². The first-order valence-corrected chi connectivity index (χ1v) is 6.87. The lowest BCUT2D eigenvalue weighted by Crippen LogP contribution is -2.12. The summed E-state index contributed by atoms with van der Waals surface area (Å²) in [7, 11) is 0. The summed E-state index contributed by atoms with van der Waals surface area (Å²) >= 11 is 0. The van der Waals surface area contributed by atoms with Gasteiger partial charge in [-0.05, 0) is 19.1 Å². The Bertz CT molecular complexity index is 592. The minimum Gasteiger partial charge on any atom is -0.493 e. The maximum Gasteiger partial charge on any atom is 0.125 e. The van der Waals surface area contributed by atoms with Gasteiger partial charge in [0.15, 0.2) is 0 Å². The molecular formula is C17H18O3. The Morgan fingerprint density at radius 3 is 2.80 bits per heavy atom. The average molecular weight is 270 g/mol. The number of rotatable bonds is 4. The predicted molar refractivity (Wildman–Crippen MR) is 77.2 cm³/mol. The number of aliphatic hydroxyl groups excluding tert-OH is 1. The van der Waals surface area contributed by atoms with Crippen LogP contribution in [0.4, 0.5) is 0 Å². The molecule has 2 aromatic carbocycles. The van der Waals surface area contributed by atoms with Gasteiger partial charge in [0.1, 0.15) is 11.5 Å². The van der Waals surface area contributed by atoms with E-state index in [-0.39, 0.29) is 5.92 Å². The lowest BCUT2D eigenvalue weighted by molar-refractivity contribution is 0.187. The van der Waals surface area contributed by atoms with Crippen LogP contribution >= 0.6 is 0 Å². The summed E-state index contributed by atoms with van der Waals surface area (Å²) in [6, 6.07) is 15.7. The van der Waals surface area contributed by atoms with E-state index in [4.69, 9.17) is 9.47 Å². The fourth-order valence-electron chi connectivity index (χ4n) is 2.51. The molecule has 0 spiro atoms. The van der Waals surface area contributed by atoms with Crippen molar-refractivity contribution in [1.29, 1.82) is 0 Å². The average Bonchev–Trinajstić information content (AvgIpc) is 2.88. The number of aliphatic hydroxyl groups is 1. The van der Waals surface area contributed by atoms with Crippen LogP contribution in [0.15, 0.2) is 48.5 Å². The molecule has 3 heteroatoms. The summed E-state index contributed by atoms with van der Waals surface area (Å²) in [5.41, 5.74) is 2.02. The fourth-order valence-corrected chi connectivity index (χ4v) is 2.51. The van der Waals surface area contributed by atoms with Gasteiger partial charge in [0, 0.05) is 11.1 Å². The summed E-state index contributed by atoms with van der Waals surface area (Å²) in [4.78, 5) is 0. The van der Waals surface area contributed by atoms with Crippen molar-refractivity contribution in [3.8, 4) is 11.5 Å². The van der Waals surface area contributed by atoms with Gasteiger partial charge in [-0.15, -0.1) is 0 Å². The molecule has 0 amide bonds. The van der Waals surface area contributed by atoms with Crippen LogP contribution in [0.2, 0.25) is 0 Å².